The van der Waals surface area contributed by atoms with Crippen LogP contribution in [0.3, 0.4) is 0 Å². The van der Waals surface area contributed by atoms with E-state index in [4.69, 9.17) is 0 Å². The van der Waals surface area contributed by atoms with Gasteiger partial charge in [0, 0.05) is 12.2 Å². The van der Waals surface area contributed by atoms with Crippen LogP contribution in [-0.4, -0.2) is 11.9 Å². The maximum absolute atomic E-state index is 10.2. The molecule has 0 N–H and O–H groups in total. The van der Waals surface area contributed by atoms with Gasteiger partial charge in [-0.3, -0.25) is 0 Å². The average molecular weight is 230 g/mol. The second-order valence-electron chi connectivity index (χ2n) is 2.76. The summed E-state index contributed by atoms with van der Waals surface area (Å²) in [5, 5.41) is 0. The Morgan fingerprint density at radius 1 is 0.941 bits per heavy atom. The van der Waals surface area contributed by atoms with Gasteiger partial charge in [0.15, 0.2) is 0 Å². The van der Waals surface area contributed by atoms with E-state index in [0.29, 0.717) is 0 Å². The number of benzene rings is 1. The Bertz CT molecular complexity index is 387. The molecule has 1 aromatic carbocycles. The standard InChI is InChI=1S/C8H8.C6H6O3/c1-2-8-6-4-3-5-7-8;1-3-5(7)9-6(8)4-2/h2-7H,1H2;3-4H,1-2H2. The van der Waals surface area contributed by atoms with E-state index >= 15 is 0 Å². The van der Waals surface area contributed by atoms with Crippen LogP contribution in [0.15, 0.2) is 62.2 Å². The minimum Gasteiger partial charge on any atom is -0.387 e. The number of esters is 2. The van der Waals surface area contributed by atoms with Crippen LogP contribution >= 0.6 is 0 Å². The lowest BCUT2D eigenvalue weighted by atomic mass is 10.2. The molecule has 3 nitrogen and oxygen atoms in total. The van der Waals surface area contributed by atoms with Crippen molar-refractivity contribution in [1.29, 1.82) is 0 Å². The number of hydrogen-bond donors (Lipinski definition) is 0. The van der Waals surface area contributed by atoms with Gasteiger partial charge in [-0.1, -0.05) is 56.1 Å². The molecule has 0 aliphatic heterocycles. The van der Waals surface area contributed by atoms with Crippen molar-refractivity contribution >= 4 is 18.0 Å². The molecule has 0 saturated heterocycles. The summed E-state index contributed by atoms with van der Waals surface area (Å²) in [7, 11) is 0. The van der Waals surface area contributed by atoms with Crippen molar-refractivity contribution in [1.82, 2.24) is 0 Å². The minimum absolute atomic E-state index is 0.764. The molecule has 0 bridgehead atoms. The van der Waals surface area contributed by atoms with E-state index < -0.39 is 11.9 Å². The normalized spacial score (nSPS) is 8.00. The molecule has 0 amide bonds. The first-order valence-electron chi connectivity index (χ1n) is 4.82. The van der Waals surface area contributed by atoms with E-state index in [1.165, 1.54) is 5.56 Å². The van der Waals surface area contributed by atoms with Crippen LogP contribution in [0.1, 0.15) is 5.56 Å². The predicted octanol–water partition coefficient (Wildman–Crippen LogP) is 2.76. The van der Waals surface area contributed by atoms with E-state index in [0.717, 1.165) is 12.2 Å². The first-order chi connectivity index (χ1) is 8.13. The molecule has 1 rings (SSSR count). The summed E-state index contributed by atoms with van der Waals surface area (Å²) in [5.41, 5.74) is 1.17. The highest BCUT2D eigenvalue weighted by Gasteiger charge is 1.99. The fraction of sp³-hybridized carbons (Fsp3) is 0. The van der Waals surface area contributed by atoms with Gasteiger partial charge in [-0.15, -0.1) is 0 Å². The maximum Gasteiger partial charge on any atom is 0.338 e. The Hall–Kier alpha value is -2.42. The average Bonchev–Trinajstić information content (AvgIpc) is 2.40. The second-order valence-corrected chi connectivity index (χ2v) is 2.76. The van der Waals surface area contributed by atoms with E-state index in [-0.39, 0.29) is 0 Å². The Kier molecular flexibility index (Phi) is 7.59. The minimum atomic E-state index is -0.764. The van der Waals surface area contributed by atoms with Gasteiger partial charge >= 0.3 is 11.9 Å². The van der Waals surface area contributed by atoms with E-state index in [2.05, 4.69) is 24.5 Å². The van der Waals surface area contributed by atoms with E-state index in [1.807, 2.05) is 36.4 Å². The third-order valence-electron chi connectivity index (χ3n) is 1.57. The van der Waals surface area contributed by atoms with Crippen molar-refractivity contribution in [2.75, 3.05) is 0 Å². The van der Waals surface area contributed by atoms with Crippen LogP contribution in [0.4, 0.5) is 0 Å². The molecule has 0 aromatic heterocycles. The lowest BCUT2D eigenvalue weighted by Gasteiger charge is -1.90. The molecule has 88 valence electrons. The molecule has 0 aliphatic carbocycles. The van der Waals surface area contributed by atoms with Gasteiger partial charge in [0.1, 0.15) is 0 Å². The van der Waals surface area contributed by atoms with Gasteiger partial charge in [-0.2, -0.15) is 0 Å². The molecule has 0 heterocycles. The summed E-state index contributed by atoms with van der Waals surface area (Å²) < 4.78 is 4.03. The van der Waals surface area contributed by atoms with Gasteiger partial charge in [0.05, 0.1) is 0 Å². The molecule has 0 spiro atoms. The van der Waals surface area contributed by atoms with E-state index in [1.54, 1.807) is 0 Å². The maximum atomic E-state index is 10.2. The molecule has 0 fully saturated rings. The largest absolute Gasteiger partial charge is 0.387 e. The predicted molar refractivity (Wildman–Crippen MR) is 68.0 cm³/mol. The molecule has 0 radical (unpaired) electrons. The van der Waals surface area contributed by atoms with Crippen molar-refractivity contribution in [3.63, 3.8) is 0 Å². The lowest BCUT2D eigenvalue weighted by Crippen LogP contribution is -2.05. The van der Waals surface area contributed by atoms with Crippen molar-refractivity contribution in [2.24, 2.45) is 0 Å². The van der Waals surface area contributed by atoms with Gasteiger partial charge in [0.25, 0.3) is 0 Å². The van der Waals surface area contributed by atoms with E-state index in [9.17, 15) is 9.59 Å². The van der Waals surface area contributed by atoms with Crippen LogP contribution in [0, 0.1) is 0 Å². The van der Waals surface area contributed by atoms with Crippen LogP contribution in [-0.2, 0) is 14.3 Å². The highest BCUT2D eigenvalue weighted by atomic mass is 16.6. The van der Waals surface area contributed by atoms with Crippen LogP contribution in [0.2, 0.25) is 0 Å². The molecule has 0 aliphatic rings. The molecule has 1 aromatic rings. The van der Waals surface area contributed by atoms with Crippen LogP contribution < -0.4 is 0 Å². The smallest absolute Gasteiger partial charge is 0.338 e. The quantitative estimate of drug-likeness (QED) is 0.455. The monoisotopic (exact) mass is 230 g/mol. The molecular weight excluding hydrogens is 216 g/mol. The molecule has 0 saturated carbocycles. The van der Waals surface area contributed by atoms with Crippen molar-refractivity contribution in [3.05, 3.63) is 67.8 Å². The van der Waals surface area contributed by atoms with Gasteiger partial charge in [0.2, 0.25) is 0 Å². The van der Waals surface area contributed by atoms with Gasteiger partial charge < -0.3 is 4.74 Å². The Balaban J connectivity index is 0.000000302. The first kappa shape index (κ1) is 14.6. The lowest BCUT2D eigenvalue weighted by molar-refractivity contribution is -0.152. The summed E-state index contributed by atoms with van der Waals surface area (Å²) in [4.78, 5) is 20.3. The topological polar surface area (TPSA) is 43.4 Å². The number of carbonyl (C=O) groups excluding carboxylic acids is 2. The summed E-state index contributed by atoms with van der Waals surface area (Å²) in [5.74, 6) is -1.53. The Morgan fingerprint density at radius 3 is 1.71 bits per heavy atom. The Morgan fingerprint density at radius 2 is 1.41 bits per heavy atom. The highest BCUT2D eigenvalue weighted by Crippen LogP contribution is 1.97. The molecular formula is C14H14O3. The SMILES string of the molecule is C=CC(=O)OC(=O)C=C.C=Cc1ccccc1. The zero-order valence-corrected chi connectivity index (χ0v) is 9.46. The highest BCUT2D eigenvalue weighted by molar-refractivity contribution is 5.95. The first-order valence-corrected chi connectivity index (χ1v) is 4.82. The Labute approximate surface area is 101 Å². The third-order valence-corrected chi connectivity index (χ3v) is 1.57. The van der Waals surface area contributed by atoms with Crippen LogP contribution in [0.25, 0.3) is 6.08 Å². The molecule has 3 heteroatoms. The fourth-order valence-electron chi connectivity index (χ4n) is 0.772. The molecule has 17 heavy (non-hydrogen) atoms. The second kappa shape index (κ2) is 8.85. The summed E-state index contributed by atoms with van der Waals surface area (Å²) in [6, 6.07) is 10.0. The zero-order valence-electron chi connectivity index (χ0n) is 9.46. The summed E-state index contributed by atoms with van der Waals surface area (Å²) in [6.45, 7) is 9.80. The number of ether oxygens (including phenoxy) is 1. The van der Waals surface area contributed by atoms with Crippen molar-refractivity contribution in [3.8, 4) is 0 Å². The molecule has 0 atom stereocenters. The summed E-state index contributed by atoms with van der Waals surface area (Å²) in [6.07, 6.45) is 3.64. The van der Waals surface area contributed by atoms with Crippen LogP contribution in [0.5, 0.6) is 0 Å². The number of rotatable bonds is 3. The van der Waals surface area contributed by atoms with Gasteiger partial charge in [-0.05, 0) is 5.56 Å². The fourth-order valence-corrected chi connectivity index (χ4v) is 0.772. The number of carbonyl (C=O) groups is 2. The van der Waals surface area contributed by atoms with Crippen molar-refractivity contribution < 1.29 is 14.3 Å². The third kappa shape index (κ3) is 7.50. The van der Waals surface area contributed by atoms with Crippen molar-refractivity contribution in [2.45, 2.75) is 0 Å². The summed E-state index contributed by atoms with van der Waals surface area (Å²) >= 11 is 0. The zero-order chi connectivity index (χ0) is 13.1. The van der Waals surface area contributed by atoms with Gasteiger partial charge in [-0.25, -0.2) is 9.59 Å². The number of hydrogen-bond acceptors (Lipinski definition) is 3. The molecule has 0 unspecified atom stereocenters.